The smallest absolute Gasteiger partial charge is 0.283 e. The summed E-state index contributed by atoms with van der Waals surface area (Å²) in [6, 6.07) is 1.25. The van der Waals surface area contributed by atoms with Crippen molar-refractivity contribution >= 4 is 11.7 Å². The van der Waals surface area contributed by atoms with Crippen LogP contribution in [-0.2, 0) is 10.3 Å². The molecule has 1 heterocycles. The molecule has 0 unspecified atom stereocenters. The Bertz CT molecular complexity index is 607. The van der Waals surface area contributed by atoms with Gasteiger partial charge in [0.25, 0.3) is 12.4 Å². The molecule has 1 aliphatic heterocycles. The SMILES string of the molecule is NC1=N[C@@](c2cc(N)cc(F)c2F)(C(F)F)[C@H]2C[C@H]2O1. The van der Waals surface area contributed by atoms with Gasteiger partial charge in [0, 0.05) is 17.2 Å². The average molecular weight is 289 g/mol. The zero-order chi connectivity index (χ0) is 14.7. The number of alkyl halides is 2. The van der Waals surface area contributed by atoms with Gasteiger partial charge in [-0.25, -0.2) is 22.6 Å². The molecule has 1 aromatic carbocycles. The molecule has 1 aliphatic carbocycles. The molecular weight excluding hydrogens is 278 g/mol. The predicted molar refractivity (Wildman–Crippen MR) is 63.1 cm³/mol. The Morgan fingerprint density at radius 2 is 2.00 bits per heavy atom. The summed E-state index contributed by atoms with van der Waals surface area (Å²) in [5.74, 6) is -3.42. The van der Waals surface area contributed by atoms with Gasteiger partial charge in [0.2, 0.25) is 0 Å². The number of hydrogen-bond acceptors (Lipinski definition) is 4. The molecule has 0 spiro atoms. The number of nitrogens with zero attached hydrogens (tertiary/aromatic N) is 1. The Kier molecular flexibility index (Phi) is 2.60. The molecule has 0 amide bonds. The van der Waals surface area contributed by atoms with E-state index in [1.807, 2.05) is 0 Å². The maximum atomic E-state index is 14.0. The third-order valence-corrected chi connectivity index (χ3v) is 3.68. The van der Waals surface area contributed by atoms with E-state index in [1.165, 1.54) is 0 Å². The first-order valence-electron chi connectivity index (χ1n) is 5.91. The molecule has 0 radical (unpaired) electrons. The molecule has 1 aromatic rings. The maximum Gasteiger partial charge on any atom is 0.283 e. The van der Waals surface area contributed by atoms with Crippen molar-refractivity contribution in [1.29, 1.82) is 0 Å². The number of hydrogen-bond donors (Lipinski definition) is 2. The highest BCUT2D eigenvalue weighted by Crippen LogP contribution is 2.56. The van der Waals surface area contributed by atoms with Crippen LogP contribution < -0.4 is 11.5 Å². The Morgan fingerprint density at radius 3 is 2.65 bits per heavy atom. The fourth-order valence-electron chi connectivity index (χ4n) is 2.70. The number of nitrogen functional groups attached to an aromatic ring is 1. The van der Waals surface area contributed by atoms with E-state index < -0.39 is 47.2 Å². The second kappa shape index (κ2) is 4.00. The summed E-state index contributed by atoms with van der Waals surface area (Å²) in [6.07, 6.45) is -3.36. The fraction of sp³-hybridized carbons (Fsp3) is 0.417. The first-order valence-corrected chi connectivity index (χ1v) is 5.91. The minimum Gasteiger partial charge on any atom is -0.462 e. The largest absolute Gasteiger partial charge is 0.462 e. The number of amidine groups is 1. The van der Waals surface area contributed by atoms with E-state index in [0.717, 1.165) is 12.1 Å². The average Bonchev–Trinajstić information content (AvgIpc) is 3.11. The third-order valence-electron chi connectivity index (χ3n) is 3.68. The Labute approximate surface area is 111 Å². The molecular formula is C12H11F4N3O. The van der Waals surface area contributed by atoms with Crippen LogP contribution in [0.2, 0.25) is 0 Å². The van der Waals surface area contributed by atoms with Gasteiger partial charge in [-0.3, -0.25) is 0 Å². The van der Waals surface area contributed by atoms with E-state index in [-0.39, 0.29) is 12.1 Å². The van der Waals surface area contributed by atoms with Crippen LogP contribution in [0.3, 0.4) is 0 Å². The minimum atomic E-state index is -3.06. The van der Waals surface area contributed by atoms with Crippen LogP contribution in [0.1, 0.15) is 12.0 Å². The number of ether oxygens (including phenoxy) is 1. The van der Waals surface area contributed by atoms with E-state index in [4.69, 9.17) is 16.2 Å². The number of nitrogens with two attached hydrogens (primary N) is 2. The topological polar surface area (TPSA) is 73.6 Å². The van der Waals surface area contributed by atoms with Crippen molar-refractivity contribution in [2.24, 2.45) is 16.6 Å². The second-order valence-corrected chi connectivity index (χ2v) is 4.94. The molecule has 8 heteroatoms. The molecule has 0 saturated heterocycles. The second-order valence-electron chi connectivity index (χ2n) is 4.94. The summed E-state index contributed by atoms with van der Waals surface area (Å²) in [7, 11) is 0. The standard InChI is InChI=1S/C12H11F4N3O/c13-7-2-4(17)1-6(9(7)14)12(10(15)16)5-3-8(5)20-11(18)19-12/h1-2,5,8,10H,3,17H2,(H2,18,19)/t5-,8+,12-/m0/s1. The van der Waals surface area contributed by atoms with Gasteiger partial charge in [0.05, 0.1) is 0 Å². The quantitative estimate of drug-likeness (QED) is 0.643. The van der Waals surface area contributed by atoms with Crippen LogP contribution >= 0.6 is 0 Å². The van der Waals surface area contributed by atoms with Crippen LogP contribution in [0.15, 0.2) is 17.1 Å². The van der Waals surface area contributed by atoms with Crippen molar-refractivity contribution in [1.82, 2.24) is 0 Å². The summed E-state index contributed by atoms with van der Waals surface area (Å²) in [4.78, 5) is 3.61. The molecule has 2 aliphatic rings. The van der Waals surface area contributed by atoms with Gasteiger partial charge >= 0.3 is 0 Å². The molecule has 108 valence electrons. The van der Waals surface area contributed by atoms with Gasteiger partial charge in [-0.15, -0.1) is 0 Å². The molecule has 4 nitrogen and oxygen atoms in total. The molecule has 4 N–H and O–H groups in total. The number of halogens is 4. The van der Waals surface area contributed by atoms with E-state index in [0.29, 0.717) is 0 Å². The summed E-state index contributed by atoms with van der Waals surface area (Å²) in [5.41, 5.74) is 7.82. The van der Waals surface area contributed by atoms with Crippen LogP contribution in [-0.4, -0.2) is 18.6 Å². The monoisotopic (exact) mass is 289 g/mol. The van der Waals surface area contributed by atoms with Crippen molar-refractivity contribution in [2.45, 2.75) is 24.5 Å². The van der Waals surface area contributed by atoms with Gasteiger partial charge in [0.1, 0.15) is 6.10 Å². The Morgan fingerprint density at radius 1 is 1.30 bits per heavy atom. The van der Waals surface area contributed by atoms with E-state index in [1.54, 1.807) is 0 Å². The first-order chi connectivity index (χ1) is 9.36. The lowest BCUT2D eigenvalue weighted by Crippen LogP contribution is -2.43. The van der Waals surface area contributed by atoms with E-state index in [2.05, 4.69) is 4.99 Å². The summed E-state index contributed by atoms with van der Waals surface area (Å²) < 4.78 is 59.7. The predicted octanol–water partition coefficient (Wildman–Crippen LogP) is 1.74. The molecule has 20 heavy (non-hydrogen) atoms. The number of aliphatic imine (C=N–C) groups is 1. The van der Waals surface area contributed by atoms with E-state index in [9.17, 15) is 17.6 Å². The number of rotatable bonds is 2. The lowest BCUT2D eigenvalue weighted by molar-refractivity contribution is 0.0173. The van der Waals surface area contributed by atoms with Crippen molar-refractivity contribution < 1.29 is 22.3 Å². The molecule has 3 atom stereocenters. The van der Waals surface area contributed by atoms with Crippen molar-refractivity contribution in [3.05, 3.63) is 29.3 Å². The number of fused-ring (bicyclic) bond motifs is 1. The van der Waals surface area contributed by atoms with Crippen molar-refractivity contribution in [3.63, 3.8) is 0 Å². The van der Waals surface area contributed by atoms with Crippen molar-refractivity contribution in [3.8, 4) is 0 Å². The summed E-state index contributed by atoms with van der Waals surface area (Å²) in [5, 5.41) is 0. The molecule has 0 bridgehead atoms. The lowest BCUT2D eigenvalue weighted by atomic mass is 9.84. The van der Waals surface area contributed by atoms with Crippen LogP contribution in [0.4, 0.5) is 23.2 Å². The zero-order valence-electron chi connectivity index (χ0n) is 10.1. The lowest BCUT2D eigenvalue weighted by Gasteiger charge is -2.33. The fourth-order valence-corrected chi connectivity index (χ4v) is 2.70. The van der Waals surface area contributed by atoms with Gasteiger partial charge in [-0.1, -0.05) is 0 Å². The van der Waals surface area contributed by atoms with Crippen LogP contribution in [0.25, 0.3) is 0 Å². The van der Waals surface area contributed by atoms with Crippen LogP contribution in [0.5, 0.6) is 0 Å². The minimum absolute atomic E-state index is 0.156. The highest BCUT2D eigenvalue weighted by atomic mass is 19.3. The van der Waals surface area contributed by atoms with Crippen LogP contribution in [0, 0.1) is 17.6 Å². The van der Waals surface area contributed by atoms with Gasteiger partial charge in [0.15, 0.2) is 17.2 Å². The highest BCUT2D eigenvalue weighted by molar-refractivity contribution is 5.74. The highest BCUT2D eigenvalue weighted by Gasteiger charge is 2.64. The van der Waals surface area contributed by atoms with Gasteiger partial charge in [-0.2, -0.15) is 0 Å². The molecule has 1 fully saturated rings. The normalized spacial score (nSPS) is 31.6. The Balaban J connectivity index is 2.25. The summed E-state index contributed by atoms with van der Waals surface area (Å²) in [6.45, 7) is 0. The van der Waals surface area contributed by atoms with Gasteiger partial charge < -0.3 is 16.2 Å². The molecule has 1 saturated carbocycles. The molecule has 3 rings (SSSR count). The number of anilines is 1. The third kappa shape index (κ3) is 1.63. The zero-order valence-corrected chi connectivity index (χ0v) is 10.1. The molecule has 0 aromatic heterocycles. The Hall–Kier alpha value is -1.99. The first kappa shape index (κ1) is 13.0. The maximum absolute atomic E-state index is 14.0. The number of benzene rings is 1. The van der Waals surface area contributed by atoms with Crippen molar-refractivity contribution in [2.75, 3.05) is 5.73 Å². The van der Waals surface area contributed by atoms with E-state index >= 15 is 0 Å². The van der Waals surface area contributed by atoms with Gasteiger partial charge in [-0.05, 0) is 18.6 Å². The summed E-state index contributed by atoms with van der Waals surface area (Å²) >= 11 is 0.